The van der Waals surface area contributed by atoms with E-state index < -0.39 is 0 Å². The third-order valence-electron chi connectivity index (χ3n) is 4.13. The molecule has 2 fully saturated rings. The van der Waals surface area contributed by atoms with E-state index in [0.717, 1.165) is 18.5 Å². The van der Waals surface area contributed by atoms with Gasteiger partial charge in [-0.15, -0.1) is 0 Å². The highest BCUT2D eigenvalue weighted by atomic mass is 16.5. The first-order valence-electron chi connectivity index (χ1n) is 7.20. The third kappa shape index (κ3) is 2.71. The highest BCUT2D eigenvalue weighted by Crippen LogP contribution is 2.30. The molecule has 2 saturated heterocycles. The van der Waals surface area contributed by atoms with E-state index in [1.807, 2.05) is 30.3 Å². The molecular formula is C16H17N2O3. The number of hydrogen-bond donors (Lipinski definition) is 0. The molecule has 5 nitrogen and oxygen atoms in total. The van der Waals surface area contributed by atoms with Crippen molar-refractivity contribution < 1.29 is 14.3 Å². The fourth-order valence-corrected chi connectivity index (χ4v) is 3.03. The Morgan fingerprint density at radius 2 is 1.90 bits per heavy atom. The van der Waals surface area contributed by atoms with Gasteiger partial charge in [-0.1, -0.05) is 18.2 Å². The number of anilines is 1. The summed E-state index contributed by atoms with van der Waals surface area (Å²) in [7, 11) is 0. The number of benzene rings is 1. The van der Waals surface area contributed by atoms with Gasteiger partial charge in [0, 0.05) is 18.9 Å². The lowest BCUT2D eigenvalue weighted by Crippen LogP contribution is -2.55. The molecule has 0 aromatic heterocycles. The maximum atomic E-state index is 12.5. The van der Waals surface area contributed by atoms with Gasteiger partial charge in [-0.2, -0.15) is 0 Å². The van der Waals surface area contributed by atoms with E-state index >= 15 is 0 Å². The Hall–Kier alpha value is -2.10. The zero-order valence-electron chi connectivity index (χ0n) is 11.7. The van der Waals surface area contributed by atoms with Crippen molar-refractivity contribution in [3.63, 3.8) is 0 Å². The minimum absolute atomic E-state index is 0.0131. The molecule has 1 aromatic rings. The summed E-state index contributed by atoms with van der Waals surface area (Å²) in [4.78, 5) is 25.1. The normalized spacial score (nSPS) is 23.6. The lowest BCUT2D eigenvalue weighted by atomic mass is 9.88. The van der Waals surface area contributed by atoms with Crippen molar-refractivity contribution in [1.29, 1.82) is 0 Å². The molecule has 1 aromatic carbocycles. The van der Waals surface area contributed by atoms with Gasteiger partial charge in [0.2, 0.25) is 5.70 Å². The van der Waals surface area contributed by atoms with E-state index in [9.17, 15) is 9.59 Å². The molecule has 2 aliphatic heterocycles. The van der Waals surface area contributed by atoms with Crippen LogP contribution < -0.4 is 10.2 Å². The van der Waals surface area contributed by atoms with Gasteiger partial charge in [0.1, 0.15) is 0 Å². The number of carbonyl (C=O) groups is 1. The largest absolute Gasteiger partial charge is 0.381 e. The highest BCUT2D eigenvalue weighted by molar-refractivity contribution is 6.11. The molecule has 0 spiro atoms. The summed E-state index contributed by atoms with van der Waals surface area (Å²) in [5.74, 6) is 1.66. The summed E-state index contributed by atoms with van der Waals surface area (Å²) in [5, 5.41) is 4.12. The van der Waals surface area contributed by atoms with Crippen molar-refractivity contribution in [2.45, 2.75) is 18.9 Å². The smallest absolute Gasteiger partial charge is 0.288 e. The maximum Gasteiger partial charge on any atom is 0.288 e. The molecule has 1 amide bonds. The van der Waals surface area contributed by atoms with Crippen LogP contribution in [0, 0.1) is 5.92 Å². The minimum Gasteiger partial charge on any atom is -0.381 e. The summed E-state index contributed by atoms with van der Waals surface area (Å²) in [6, 6.07) is 9.44. The van der Waals surface area contributed by atoms with Gasteiger partial charge in [0.05, 0.1) is 12.6 Å². The van der Waals surface area contributed by atoms with Crippen LogP contribution in [0.3, 0.4) is 0 Å². The number of carbonyl (C=O) groups excluding carboxylic acids is 2. The molecule has 3 rings (SSSR count). The Morgan fingerprint density at radius 1 is 1.19 bits per heavy atom. The van der Waals surface area contributed by atoms with Gasteiger partial charge in [-0.3, -0.25) is 10.1 Å². The average molecular weight is 285 g/mol. The zero-order chi connectivity index (χ0) is 14.7. The van der Waals surface area contributed by atoms with Gasteiger partial charge in [0.15, 0.2) is 5.94 Å². The van der Waals surface area contributed by atoms with Crippen LogP contribution in [0.15, 0.2) is 36.0 Å². The summed E-state index contributed by atoms with van der Waals surface area (Å²) in [6.07, 6.45) is 1.83. The summed E-state index contributed by atoms with van der Waals surface area (Å²) in [5.41, 5.74) is 0.698. The molecule has 2 heterocycles. The number of rotatable bonds is 2. The Balaban J connectivity index is 1.93. The van der Waals surface area contributed by atoms with Crippen LogP contribution >= 0.6 is 0 Å². The Bertz CT molecular complexity index is 560. The molecule has 1 radical (unpaired) electrons. The molecule has 109 valence electrons. The van der Waals surface area contributed by atoms with Crippen LogP contribution in [-0.4, -0.2) is 37.6 Å². The monoisotopic (exact) mass is 285 g/mol. The number of amides is 1. The molecule has 0 saturated carbocycles. The van der Waals surface area contributed by atoms with Crippen molar-refractivity contribution in [2.75, 3.05) is 24.7 Å². The van der Waals surface area contributed by atoms with Gasteiger partial charge < -0.3 is 9.64 Å². The average Bonchev–Trinajstić information content (AvgIpc) is 2.56. The lowest BCUT2D eigenvalue weighted by molar-refractivity contribution is -0.117. The van der Waals surface area contributed by atoms with E-state index in [0.29, 0.717) is 25.7 Å². The van der Waals surface area contributed by atoms with Crippen molar-refractivity contribution in [3.05, 3.63) is 36.0 Å². The van der Waals surface area contributed by atoms with Gasteiger partial charge in [-0.25, -0.2) is 4.79 Å². The van der Waals surface area contributed by atoms with Crippen molar-refractivity contribution in [3.8, 4) is 0 Å². The van der Waals surface area contributed by atoms with Crippen LogP contribution in [0.1, 0.15) is 12.8 Å². The molecule has 5 heteroatoms. The summed E-state index contributed by atoms with van der Waals surface area (Å²) in [6.45, 7) is 1.89. The molecule has 1 atom stereocenters. The van der Waals surface area contributed by atoms with Crippen molar-refractivity contribution in [1.82, 2.24) is 5.32 Å². The van der Waals surface area contributed by atoms with Crippen molar-refractivity contribution in [2.24, 2.45) is 5.92 Å². The Kier molecular flexibility index (Phi) is 4.04. The van der Waals surface area contributed by atoms with Crippen molar-refractivity contribution >= 4 is 17.5 Å². The van der Waals surface area contributed by atoms with Gasteiger partial charge in [-0.05, 0) is 30.9 Å². The number of para-hydroxylation sites is 1. The molecule has 0 bridgehead atoms. The van der Waals surface area contributed by atoms with E-state index in [2.05, 4.69) is 5.32 Å². The second-order valence-electron chi connectivity index (χ2n) is 5.32. The van der Waals surface area contributed by atoms with E-state index in [4.69, 9.17) is 4.74 Å². The molecule has 1 unspecified atom stereocenters. The SMILES string of the molecule is O=C=C1[N]CC(C2CCOCC2)N(c2ccccc2)C1=O. The van der Waals surface area contributed by atoms with Crippen LogP contribution in [0.5, 0.6) is 0 Å². The first kappa shape index (κ1) is 13.9. The van der Waals surface area contributed by atoms with Crippen LogP contribution in [0.25, 0.3) is 0 Å². The first-order chi connectivity index (χ1) is 10.3. The second kappa shape index (κ2) is 6.12. The zero-order valence-corrected chi connectivity index (χ0v) is 11.7. The Morgan fingerprint density at radius 3 is 2.57 bits per heavy atom. The molecule has 2 aliphatic rings. The Labute approximate surface area is 123 Å². The predicted molar refractivity (Wildman–Crippen MR) is 77.5 cm³/mol. The highest BCUT2D eigenvalue weighted by Gasteiger charge is 2.39. The number of hydrogen-bond acceptors (Lipinski definition) is 3. The fraction of sp³-hybridized carbons (Fsp3) is 0.438. The lowest BCUT2D eigenvalue weighted by Gasteiger charge is -2.41. The number of piperazine rings is 1. The second-order valence-corrected chi connectivity index (χ2v) is 5.32. The molecular weight excluding hydrogens is 268 g/mol. The molecule has 21 heavy (non-hydrogen) atoms. The topological polar surface area (TPSA) is 60.7 Å². The van der Waals surface area contributed by atoms with Crippen LogP contribution in [0.2, 0.25) is 0 Å². The molecule has 0 aliphatic carbocycles. The number of nitrogens with zero attached hydrogens (tertiary/aromatic N) is 2. The first-order valence-corrected chi connectivity index (χ1v) is 7.20. The maximum absolute atomic E-state index is 12.5. The van der Waals surface area contributed by atoms with Crippen LogP contribution in [0.4, 0.5) is 5.69 Å². The predicted octanol–water partition coefficient (Wildman–Crippen LogP) is 1.15. The van der Waals surface area contributed by atoms with E-state index in [-0.39, 0.29) is 17.6 Å². The standard InChI is InChI=1S/C16H17N2O3/c19-11-14-16(20)18(13-4-2-1-3-5-13)15(10-17-14)12-6-8-21-9-7-12/h1-5,12,15H,6-10H2. The van der Waals surface area contributed by atoms with E-state index in [1.54, 1.807) is 10.8 Å². The molecule has 0 N–H and O–H groups in total. The fourth-order valence-electron chi connectivity index (χ4n) is 3.03. The van der Waals surface area contributed by atoms with Gasteiger partial charge in [0.25, 0.3) is 5.91 Å². The number of ether oxygens (including phenoxy) is 1. The summed E-state index contributed by atoms with van der Waals surface area (Å²) < 4.78 is 5.40. The van der Waals surface area contributed by atoms with Gasteiger partial charge >= 0.3 is 0 Å². The summed E-state index contributed by atoms with van der Waals surface area (Å²) >= 11 is 0. The van der Waals surface area contributed by atoms with E-state index in [1.165, 1.54) is 0 Å². The minimum atomic E-state index is -0.348. The third-order valence-corrected chi connectivity index (χ3v) is 4.13. The van der Waals surface area contributed by atoms with Crippen LogP contribution in [-0.2, 0) is 14.3 Å². The quantitative estimate of drug-likeness (QED) is 0.605.